The van der Waals surface area contributed by atoms with Crippen LogP contribution in [0.25, 0.3) is 10.8 Å². The number of nitrogens with zero attached hydrogens (tertiary/aromatic N) is 1. The Balaban J connectivity index is 2.73. The van der Waals surface area contributed by atoms with Gasteiger partial charge in [0.15, 0.2) is 11.6 Å². The molecule has 0 N–H and O–H groups in total. The Labute approximate surface area is 85.3 Å². The molecule has 4 heteroatoms. The Kier molecular flexibility index (Phi) is 2.25. The Morgan fingerprint density at radius 2 is 2.07 bits per heavy atom. The molecule has 2 rings (SSSR count). The lowest BCUT2D eigenvalue weighted by Crippen LogP contribution is -1.88. The first-order valence-electron chi connectivity index (χ1n) is 3.99. The second-order valence-corrected chi connectivity index (χ2v) is 3.23. The second-order valence-electron chi connectivity index (χ2n) is 2.84. The van der Waals surface area contributed by atoms with Gasteiger partial charge in [0.05, 0.1) is 7.11 Å². The molecule has 0 saturated heterocycles. The van der Waals surface area contributed by atoms with Crippen LogP contribution in [0, 0.1) is 5.82 Å². The summed E-state index contributed by atoms with van der Waals surface area (Å²) in [4.78, 5) is 3.90. The third kappa shape index (κ3) is 1.51. The summed E-state index contributed by atoms with van der Waals surface area (Å²) in [5, 5.41) is 1.86. The standard InChI is InChI=1S/C10H7ClFNO/c1-14-9-3-7-5-13-10(11)4-6(7)2-8(9)12/h2-5H,1H3. The molecule has 0 radical (unpaired) electrons. The summed E-state index contributed by atoms with van der Waals surface area (Å²) in [5.74, 6) is -0.191. The molecule has 1 aromatic carbocycles. The number of aromatic nitrogens is 1. The van der Waals surface area contributed by atoms with Crippen molar-refractivity contribution >= 4 is 22.4 Å². The lowest BCUT2D eigenvalue weighted by Gasteiger charge is -2.03. The molecule has 0 aliphatic heterocycles. The smallest absolute Gasteiger partial charge is 0.165 e. The van der Waals surface area contributed by atoms with Crippen LogP contribution in [0.5, 0.6) is 5.75 Å². The summed E-state index contributed by atoms with van der Waals surface area (Å²) in [7, 11) is 1.42. The van der Waals surface area contributed by atoms with E-state index in [0.29, 0.717) is 10.5 Å². The molecule has 0 aliphatic carbocycles. The fourth-order valence-corrected chi connectivity index (χ4v) is 1.44. The lowest BCUT2D eigenvalue weighted by molar-refractivity contribution is 0.387. The molecule has 0 aliphatic rings. The zero-order valence-electron chi connectivity index (χ0n) is 7.42. The Morgan fingerprint density at radius 3 is 2.79 bits per heavy atom. The molecule has 0 atom stereocenters. The minimum Gasteiger partial charge on any atom is -0.494 e. The van der Waals surface area contributed by atoms with Gasteiger partial charge in [0.25, 0.3) is 0 Å². The minimum atomic E-state index is -0.401. The van der Waals surface area contributed by atoms with E-state index in [2.05, 4.69) is 4.98 Å². The van der Waals surface area contributed by atoms with Crippen LogP contribution in [0.3, 0.4) is 0 Å². The molecule has 0 spiro atoms. The Bertz CT molecular complexity index is 487. The van der Waals surface area contributed by atoms with Crippen LogP contribution < -0.4 is 4.74 Å². The Hall–Kier alpha value is -1.35. The highest BCUT2D eigenvalue weighted by molar-refractivity contribution is 6.30. The van der Waals surface area contributed by atoms with Crippen LogP contribution in [-0.2, 0) is 0 Å². The number of hydrogen-bond donors (Lipinski definition) is 0. The maximum Gasteiger partial charge on any atom is 0.165 e. The predicted molar refractivity (Wildman–Crippen MR) is 53.3 cm³/mol. The summed E-state index contributed by atoms with van der Waals surface area (Å²) >= 11 is 5.68. The van der Waals surface area contributed by atoms with Crippen molar-refractivity contribution < 1.29 is 9.13 Å². The van der Waals surface area contributed by atoms with Crippen LogP contribution in [0.1, 0.15) is 0 Å². The van der Waals surface area contributed by atoms with Crippen molar-refractivity contribution in [2.75, 3.05) is 7.11 Å². The van der Waals surface area contributed by atoms with E-state index < -0.39 is 5.82 Å². The van der Waals surface area contributed by atoms with Crippen molar-refractivity contribution in [2.45, 2.75) is 0 Å². The molecule has 1 aromatic heterocycles. The van der Waals surface area contributed by atoms with Crippen LogP contribution >= 0.6 is 11.6 Å². The zero-order valence-corrected chi connectivity index (χ0v) is 8.18. The number of benzene rings is 1. The van der Waals surface area contributed by atoms with E-state index >= 15 is 0 Å². The summed E-state index contributed by atoms with van der Waals surface area (Å²) in [6, 6.07) is 4.58. The first-order valence-corrected chi connectivity index (χ1v) is 4.37. The zero-order chi connectivity index (χ0) is 10.1. The van der Waals surface area contributed by atoms with Gasteiger partial charge in [0.1, 0.15) is 5.15 Å². The number of ether oxygens (including phenoxy) is 1. The van der Waals surface area contributed by atoms with E-state index in [9.17, 15) is 4.39 Å². The summed E-state index contributed by atoms with van der Waals surface area (Å²) in [6.07, 6.45) is 1.58. The normalized spacial score (nSPS) is 10.5. The largest absolute Gasteiger partial charge is 0.494 e. The van der Waals surface area contributed by atoms with Crippen LogP contribution in [0.15, 0.2) is 24.4 Å². The number of hydrogen-bond acceptors (Lipinski definition) is 2. The van der Waals surface area contributed by atoms with Gasteiger partial charge in [-0.15, -0.1) is 0 Å². The van der Waals surface area contributed by atoms with Crippen molar-refractivity contribution in [1.82, 2.24) is 4.98 Å². The molecule has 0 bridgehead atoms. The second kappa shape index (κ2) is 3.42. The molecule has 0 fully saturated rings. The third-order valence-corrected chi connectivity index (χ3v) is 2.17. The van der Waals surface area contributed by atoms with Crippen molar-refractivity contribution in [3.05, 3.63) is 35.4 Å². The predicted octanol–water partition coefficient (Wildman–Crippen LogP) is 3.04. The van der Waals surface area contributed by atoms with E-state index in [-0.39, 0.29) is 5.75 Å². The molecule has 1 heterocycles. The van der Waals surface area contributed by atoms with E-state index in [4.69, 9.17) is 16.3 Å². The molecule has 2 aromatic rings. The summed E-state index contributed by atoms with van der Waals surface area (Å²) < 4.78 is 18.1. The van der Waals surface area contributed by atoms with Gasteiger partial charge in [0, 0.05) is 11.6 Å². The monoisotopic (exact) mass is 211 g/mol. The maximum absolute atomic E-state index is 13.3. The van der Waals surface area contributed by atoms with Gasteiger partial charge < -0.3 is 4.74 Å². The SMILES string of the molecule is COc1cc2cnc(Cl)cc2cc1F. The van der Waals surface area contributed by atoms with Crippen molar-refractivity contribution in [3.63, 3.8) is 0 Å². The van der Waals surface area contributed by atoms with Gasteiger partial charge >= 0.3 is 0 Å². The number of halogens is 2. The maximum atomic E-state index is 13.3. The average Bonchev–Trinajstić information content (AvgIpc) is 2.16. The number of fused-ring (bicyclic) bond motifs is 1. The topological polar surface area (TPSA) is 22.1 Å². The highest BCUT2D eigenvalue weighted by atomic mass is 35.5. The molecule has 0 saturated carbocycles. The molecular formula is C10H7ClFNO. The van der Waals surface area contributed by atoms with Gasteiger partial charge in [-0.2, -0.15) is 0 Å². The van der Waals surface area contributed by atoms with Crippen molar-refractivity contribution in [1.29, 1.82) is 0 Å². The first-order chi connectivity index (χ1) is 6.70. The fourth-order valence-electron chi connectivity index (χ4n) is 1.27. The van der Waals surface area contributed by atoms with E-state index in [0.717, 1.165) is 5.39 Å². The molecule has 14 heavy (non-hydrogen) atoms. The highest BCUT2D eigenvalue weighted by Crippen LogP contribution is 2.25. The van der Waals surface area contributed by atoms with Gasteiger partial charge in [0.2, 0.25) is 0 Å². The first kappa shape index (κ1) is 9.21. The van der Waals surface area contributed by atoms with Gasteiger partial charge in [-0.1, -0.05) is 11.6 Å². The van der Waals surface area contributed by atoms with E-state index in [1.807, 2.05) is 0 Å². The molecule has 2 nitrogen and oxygen atoms in total. The van der Waals surface area contributed by atoms with Gasteiger partial charge in [-0.05, 0) is 23.6 Å². The summed E-state index contributed by atoms with van der Waals surface area (Å²) in [6.45, 7) is 0. The average molecular weight is 212 g/mol. The van der Waals surface area contributed by atoms with E-state index in [1.54, 1.807) is 18.3 Å². The molecule has 0 amide bonds. The quantitative estimate of drug-likeness (QED) is 0.677. The van der Waals surface area contributed by atoms with E-state index in [1.165, 1.54) is 13.2 Å². The molecular weight excluding hydrogens is 205 g/mol. The van der Waals surface area contributed by atoms with Gasteiger partial charge in [-0.3, -0.25) is 0 Å². The highest BCUT2D eigenvalue weighted by Gasteiger charge is 2.05. The van der Waals surface area contributed by atoms with Gasteiger partial charge in [-0.25, -0.2) is 9.37 Å². The van der Waals surface area contributed by atoms with Crippen molar-refractivity contribution in [2.24, 2.45) is 0 Å². The Morgan fingerprint density at radius 1 is 1.29 bits per heavy atom. The van der Waals surface area contributed by atoms with Crippen LogP contribution in [-0.4, -0.2) is 12.1 Å². The lowest BCUT2D eigenvalue weighted by atomic mass is 10.1. The fraction of sp³-hybridized carbons (Fsp3) is 0.100. The van der Waals surface area contributed by atoms with Crippen molar-refractivity contribution in [3.8, 4) is 5.75 Å². The summed E-state index contributed by atoms with van der Waals surface area (Å²) in [5.41, 5.74) is 0. The molecule has 72 valence electrons. The third-order valence-electron chi connectivity index (χ3n) is 1.96. The number of methoxy groups -OCH3 is 1. The number of rotatable bonds is 1. The molecule has 0 unspecified atom stereocenters. The van der Waals surface area contributed by atoms with Crippen LogP contribution in [0.2, 0.25) is 5.15 Å². The van der Waals surface area contributed by atoms with Crippen LogP contribution in [0.4, 0.5) is 4.39 Å². The minimum absolute atomic E-state index is 0.210. The number of pyridine rings is 1.